The van der Waals surface area contributed by atoms with E-state index in [1.54, 1.807) is 11.8 Å². The zero-order valence-corrected chi connectivity index (χ0v) is 14.5. The third-order valence-corrected chi connectivity index (χ3v) is 4.75. The van der Waals surface area contributed by atoms with E-state index in [0.717, 1.165) is 10.6 Å². The fourth-order valence-corrected chi connectivity index (χ4v) is 3.06. The van der Waals surface area contributed by atoms with Gasteiger partial charge < -0.3 is 15.9 Å². The van der Waals surface area contributed by atoms with Gasteiger partial charge in [0.2, 0.25) is 0 Å². The molecule has 0 atom stereocenters. The first-order valence-corrected chi connectivity index (χ1v) is 8.97. The molecule has 3 N–H and O–H groups in total. The summed E-state index contributed by atoms with van der Waals surface area (Å²) in [5.74, 6) is 0.870. The molecule has 7 heteroatoms. The Morgan fingerprint density at radius 2 is 2.13 bits per heavy atom. The molecule has 1 aromatic heterocycles. The number of nitrogens with two attached hydrogens (primary N) is 1. The Labute approximate surface area is 143 Å². The Hall–Kier alpha value is -1.99. The normalized spacial score (nSPS) is 11.3. The molecule has 0 spiro atoms. The third-order valence-electron chi connectivity index (χ3n) is 2.85. The summed E-state index contributed by atoms with van der Waals surface area (Å²) in [6.07, 6.45) is 0. The predicted molar refractivity (Wildman–Crippen MR) is 95.9 cm³/mol. The molecule has 0 aliphatic carbocycles. The van der Waals surface area contributed by atoms with Crippen molar-refractivity contribution in [1.82, 2.24) is 5.32 Å². The molecule has 2 aromatic rings. The first kappa shape index (κ1) is 17.4. The summed E-state index contributed by atoms with van der Waals surface area (Å²) in [4.78, 5) is 18.6. The van der Waals surface area contributed by atoms with Crippen LogP contribution in [0.1, 0.15) is 10.4 Å². The van der Waals surface area contributed by atoms with Crippen molar-refractivity contribution in [2.45, 2.75) is 11.8 Å². The van der Waals surface area contributed by atoms with Crippen LogP contribution in [0.2, 0.25) is 0 Å². The van der Waals surface area contributed by atoms with Crippen LogP contribution in [0.5, 0.6) is 0 Å². The fraction of sp³-hybridized carbons (Fsp3) is 0.250. The molecule has 0 bridgehead atoms. The summed E-state index contributed by atoms with van der Waals surface area (Å²) in [5.41, 5.74) is 6.96. The van der Waals surface area contributed by atoms with E-state index in [-0.39, 0.29) is 18.3 Å². The summed E-state index contributed by atoms with van der Waals surface area (Å²) >= 11 is 3.16. The number of thioether (sulfide) groups is 1. The number of thiophene rings is 1. The summed E-state index contributed by atoms with van der Waals surface area (Å²) in [5, 5.41) is 8.41. The smallest absolute Gasteiger partial charge is 0.260 e. The molecule has 2 rings (SSSR count). The predicted octanol–water partition coefficient (Wildman–Crippen LogP) is 2.60. The van der Waals surface area contributed by atoms with Crippen LogP contribution in [0, 0.1) is 6.92 Å². The average Bonchev–Trinajstić information content (AvgIpc) is 3.08. The summed E-state index contributed by atoms with van der Waals surface area (Å²) in [6, 6.07) is 12.0. The number of benzene rings is 1. The van der Waals surface area contributed by atoms with Crippen molar-refractivity contribution in [3.05, 3.63) is 52.2 Å². The maximum atomic E-state index is 11.6. The number of nitrogens with one attached hydrogen (secondary N) is 1. The zero-order valence-electron chi connectivity index (χ0n) is 12.8. The van der Waals surface area contributed by atoms with Gasteiger partial charge >= 0.3 is 0 Å². The molecule has 0 saturated carbocycles. The lowest BCUT2D eigenvalue weighted by Crippen LogP contribution is -2.29. The Balaban J connectivity index is 1.60. The third kappa shape index (κ3) is 6.33. The van der Waals surface area contributed by atoms with Gasteiger partial charge in [0.05, 0.1) is 4.88 Å². The second kappa shape index (κ2) is 9.22. The SMILES string of the molecule is Cc1ccc(SCCNC(=O)CO/N=C(/N)c2cccs2)cc1. The van der Waals surface area contributed by atoms with E-state index < -0.39 is 0 Å². The van der Waals surface area contributed by atoms with E-state index >= 15 is 0 Å². The van der Waals surface area contributed by atoms with Crippen molar-refractivity contribution in [3.63, 3.8) is 0 Å². The molecular weight excluding hydrogens is 330 g/mol. The second-order valence-corrected chi connectivity index (χ2v) is 6.85. The lowest BCUT2D eigenvalue weighted by molar-refractivity contribution is -0.125. The van der Waals surface area contributed by atoms with Crippen LogP contribution >= 0.6 is 23.1 Å². The second-order valence-electron chi connectivity index (χ2n) is 4.74. The van der Waals surface area contributed by atoms with Crippen LogP contribution < -0.4 is 11.1 Å². The number of amidine groups is 1. The highest BCUT2D eigenvalue weighted by molar-refractivity contribution is 7.99. The molecular formula is C16H19N3O2S2. The quantitative estimate of drug-likeness (QED) is 0.252. The van der Waals surface area contributed by atoms with E-state index in [2.05, 4.69) is 41.7 Å². The van der Waals surface area contributed by atoms with Crippen molar-refractivity contribution >= 4 is 34.8 Å². The first-order chi connectivity index (χ1) is 11.1. The maximum absolute atomic E-state index is 11.6. The lowest BCUT2D eigenvalue weighted by Gasteiger charge is -2.05. The van der Waals surface area contributed by atoms with Gasteiger partial charge in [-0.1, -0.05) is 28.9 Å². The van der Waals surface area contributed by atoms with E-state index in [4.69, 9.17) is 10.6 Å². The van der Waals surface area contributed by atoms with Gasteiger partial charge in [-0.15, -0.1) is 23.1 Å². The number of hydrogen-bond acceptors (Lipinski definition) is 5. The number of nitrogens with zero attached hydrogens (tertiary/aromatic N) is 1. The fourth-order valence-electron chi connectivity index (χ4n) is 1.67. The zero-order chi connectivity index (χ0) is 16.5. The largest absolute Gasteiger partial charge is 0.384 e. The number of oxime groups is 1. The lowest BCUT2D eigenvalue weighted by atomic mass is 10.2. The van der Waals surface area contributed by atoms with Crippen molar-refractivity contribution < 1.29 is 9.63 Å². The Morgan fingerprint density at radius 1 is 1.35 bits per heavy atom. The van der Waals surface area contributed by atoms with Crippen LogP contribution in [0.25, 0.3) is 0 Å². The highest BCUT2D eigenvalue weighted by Crippen LogP contribution is 2.17. The molecule has 5 nitrogen and oxygen atoms in total. The summed E-state index contributed by atoms with van der Waals surface area (Å²) in [7, 11) is 0. The highest BCUT2D eigenvalue weighted by atomic mass is 32.2. The molecule has 1 amide bonds. The van der Waals surface area contributed by atoms with E-state index in [9.17, 15) is 4.79 Å². The van der Waals surface area contributed by atoms with Gasteiger partial charge in [-0.2, -0.15) is 0 Å². The number of hydrogen-bond donors (Lipinski definition) is 2. The van der Waals surface area contributed by atoms with Crippen molar-refractivity contribution in [2.75, 3.05) is 18.9 Å². The molecule has 122 valence electrons. The van der Waals surface area contributed by atoms with Gasteiger partial charge in [-0.25, -0.2) is 0 Å². The van der Waals surface area contributed by atoms with Gasteiger partial charge in [0.15, 0.2) is 12.4 Å². The van der Waals surface area contributed by atoms with Crippen molar-refractivity contribution in [2.24, 2.45) is 10.9 Å². The molecule has 0 fully saturated rings. The minimum Gasteiger partial charge on any atom is -0.384 e. The number of carbonyl (C=O) groups excluding carboxylic acids is 1. The monoisotopic (exact) mass is 349 g/mol. The summed E-state index contributed by atoms with van der Waals surface area (Å²) in [6.45, 7) is 2.49. The molecule has 0 radical (unpaired) electrons. The van der Waals surface area contributed by atoms with Gasteiger partial charge in [0.25, 0.3) is 5.91 Å². The molecule has 0 aliphatic heterocycles. The van der Waals surface area contributed by atoms with Gasteiger partial charge in [-0.05, 0) is 30.5 Å². The topological polar surface area (TPSA) is 76.7 Å². The van der Waals surface area contributed by atoms with E-state index in [1.165, 1.54) is 21.8 Å². The van der Waals surface area contributed by atoms with Gasteiger partial charge in [0, 0.05) is 17.2 Å². The number of aryl methyl sites for hydroxylation is 1. The first-order valence-electron chi connectivity index (χ1n) is 7.10. The Kier molecular flexibility index (Phi) is 6.96. The van der Waals surface area contributed by atoms with Crippen molar-refractivity contribution in [3.8, 4) is 0 Å². The van der Waals surface area contributed by atoms with Gasteiger partial charge in [0.1, 0.15) is 0 Å². The van der Waals surface area contributed by atoms with Crippen LogP contribution in [0.4, 0.5) is 0 Å². The molecule has 0 aliphatic rings. The Bertz CT molecular complexity index is 640. The number of carbonyl (C=O) groups is 1. The van der Waals surface area contributed by atoms with Crippen molar-refractivity contribution in [1.29, 1.82) is 0 Å². The average molecular weight is 349 g/mol. The van der Waals surface area contributed by atoms with Crippen LogP contribution in [0.3, 0.4) is 0 Å². The number of amides is 1. The maximum Gasteiger partial charge on any atom is 0.260 e. The van der Waals surface area contributed by atoms with Gasteiger partial charge in [-0.3, -0.25) is 4.79 Å². The minimum absolute atomic E-state index is 0.138. The molecule has 1 aromatic carbocycles. The molecule has 1 heterocycles. The van der Waals surface area contributed by atoms with E-state index in [0.29, 0.717) is 6.54 Å². The molecule has 0 unspecified atom stereocenters. The highest BCUT2D eigenvalue weighted by Gasteiger charge is 2.03. The van der Waals surface area contributed by atoms with Crippen LogP contribution in [-0.2, 0) is 9.63 Å². The van der Waals surface area contributed by atoms with Crippen LogP contribution in [0.15, 0.2) is 51.8 Å². The molecule has 23 heavy (non-hydrogen) atoms. The van der Waals surface area contributed by atoms with Crippen LogP contribution in [-0.4, -0.2) is 30.6 Å². The number of rotatable bonds is 8. The minimum atomic E-state index is -0.211. The standard InChI is InChI=1S/C16H19N3O2S2/c1-12-4-6-13(7-5-12)22-10-8-18-15(20)11-21-19-16(17)14-3-2-9-23-14/h2-7,9H,8,10-11H2,1H3,(H2,17,19)(H,18,20). The summed E-state index contributed by atoms with van der Waals surface area (Å²) < 4.78 is 0. The van der Waals surface area contributed by atoms with E-state index in [1.807, 2.05) is 17.5 Å². The Morgan fingerprint density at radius 3 is 2.83 bits per heavy atom. The molecule has 0 saturated heterocycles.